The number of urea groups is 1. The van der Waals surface area contributed by atoms with Gasteiger partial charge in [0.1, 0.15) is 11.3 Å². The molecule has 2 heterocycles. The van der Waals surface area contributed by atoms with Gasteiger partial charge in [0.2, 0.25) is 0 Å². The van der Waals surface area contributed by atoms with Gasteiger partial charge >= 0.3 is 6.03 Å². The number of nitrogens with zero attached hydrogens (tertiary/aromatic N) is 1. The summed E-state index contributed by atoms with van der Waals surface area (Å²) in [7, 11) is 0. The number of amides is 4. The Morgan fingerprint density at radius 2 is 1.70 bits per heavy atom. The van der Waals surface area contributed by atoms with Crippen LogP contribution in [0, 0.1) is 0 Å². The molecule has 6 nitrogen and oxygen atoms in total. The molecule has 0 bridgehead atoms. The third kappa shape index (κ3) is 4.00. The molecule has 1 aliphatic heterocycles. The lowest BCUT2D eigenvalue weighted by molar-refractivity contribution is -0.122. The first kappa shape index (κ1) is 20.3. The van der Waals surface area contributed by atoms with Crippen LogP contribution in [0.3, 0.4) is 0 Å². The smallest absolute Gasteiger partial charge is 0.336 e. The molecular weight excluding hydrogens is 447 g/mol. The number of carbonyl (C=O) groups excluding carboxylic acids is 3. The molecule has 4 amide bonds. The van der Waals surface area contributed by atoms with Crippen LogP contribution in [-0.4, -0.2) is 17.8 Å². The fourth-order valence-corrected chi connectivity index (χ4v) is 3.93. The van der Waals surface area contributed by atoms with Crippen LogP contribution in [0.25, 0.3) is 6.08 Å². The van der Waals surface area contributed by atoms with E-state index in [0.717, 1.165) is 9.80 Å². The number of barbiturate groups is 1. The Bertz CT molecular complexity index is 1190. The predicted molar refractivity (Wildman–Crippen MR) is 115 cm³/mol. The fraction of sp³-hybridized carbons (Fsp3) is 0. The number of furan rings is 1. The molecule has 0 radical (unpaired) electrons. The zero-order valence-corrected chi connectivity index (χ0v) is 17.4. The minimum absolute atomic E-state index is 0.0240. The van der Waals surface area contributed by atoms with Crippen molar-refractivity contribution >= 4 is 64.6 Å². The van der Waals surface area contributed by atoms with Crippen molar-refractivity contribution in [2.45, 2.75) is 9.99 Å². The average molecular weight is 459 g/mol. The Hall–Kier alpha value is -3.00. The van der Waals surface area contributed by atoms with E-state index in [4.69, 9.17) is 27.6 Å². The molecular formula is C21H12Cl2N2O4S. The summed E-state index contributed by atoms with van der Waals surface area (Å²) in [6, 6.07) is 16.6. The Balaban J connectivity index is 1.64. The van der Waals surface area contributed by atoms with Gasteiger partial charge in [-0.25, -0.2) is 9.69 Å². The Kier molecular flexibility index (Phi) is 5.67. The van der Waals surface area contributed by atoms with Crippen molar-refractivity contribution in [1.29, 1.82) is 0 Å². The van der Waals surface area contributed by atoms with Crippen molar-refractivity contribution in [3.63, 3.8) is 0 Å². The average Bonchev–Trinajstić information content (AvgIpc) is 3.16. The lowest BCUT2D eigenvalue weighted by atomic mass is 10.1. The highest BCUT2D eigenvalue weighted by Crippen LogP contribution is 2.35. The van der Waals surface area contributed by atoms with Crippen LogP contribution < -0.4 is 10.2 Å². The lowest BCUT2D eigenvalue weighted by Crippen LogP contribution is -2.54. The van der Waals surface area contributed by atoms with E-state index in [-0.39, 0.29) is 21.3 Å². The third-order valence-corrected chi connectivity index (χ3v) is 5.86. The number of hydrogen-bond donors (Lipinski definition) is 1. The lowest BCUT2D eigenvalue weighted by Gasteiger charge is -2.27. The number of halogens is 2. The molecule has 2 aromatic carbocycles. The molecule has 0 unspecified atom stereocenters. The van der Waals surface area contributed by atoms with Gasteiger partial charge in [0, 0.05) is 4.90 Å². The maximum absolute atomic E-state index is 12.9. The summed E-state index contributed by atoms with van der Waals surface area (Å²) in [6.45, 7) is 0. The van der Waals surface area contributed by atoms with Crippen LogP contribution >= 0.6 is 35.0 Å². The molecule has 1 saturated heterocycles. The number of anilines is 1. The molecule has 1 N–H and O–H groups in total. The second kappa shape index (κ2) is 8.39. The normalized spacial score (nSPS) is 15.6. The highest BCUT2D eigenvalue weighted by molar-refractivity contribution is 7.99. The van der Waals surface area contributed by atoms with Gasteiger partial charge in [0.15, 0.2) is 5.09 Å². The van der Waals surface area contributed by atoms with Crippen LogP contribution in [0.2, 0.25) is 10.0 Å². The van der Waals surface area contributed by atoms with Crippen molar-refractivity contribution in [1.82, 2.24) is 5.32 Å². The first-order chi connectivity index (χ1) is 14.4. The van der Waals surface area contributed by atoms with Gasteiger partial charge in [0.05, 0.1) is 15.7 Å². The summed E-state index contributed by atoms with van der Waals surface area (Å²) in [5.41, 5.74) is -0.193. The summed E-state index contributed by atoms with van der Waals surface area (Å²) in [5, 5.41) is 2.91. The highest BCUT2D eigenvalue weighted by atomic mass is 35.5. The van der Waals surface area contributed by atoms with Crippen molar-refractivity contribution < 1.29 is 18.8 Å². The molecule has 0 atom stereocenters. The molecule has 0 saturated carbocycles. The van der Waals surface area contributed by atoms with E-state index >= 15 is 0 Å². The van der Waals surface area contributed by atoms with Gasteiger partial charge in [-0.1, -0.05) is 59.2 Å². The molecule has 9 heteroatoms. The fourth-order valence-electron chi connectivity index (χ4n) is 2.76. The summed E-state index contributed by atoms with van der Waals surface area (Å²) >= 11 is 13.5. The second-order valence-electron chi connectivity index (χ2n) is 6.10. The number of rotatable bonds is 4. The van der Waals surface area contributed by atoms with E-state index < -0.39 is 17.8 Å². The zero-order chi connectivity index (χ0) is 21.3. The van der Waals surface area contributed by atoms with Crippen molar-refractivity contribution in [3.8, 4) is 0 Å². The molecule has 3 aromatic rings. The molecule has 150 valence electrons. The van der Waals surface area contributed by atoms with E-state index in [1.54, 1.807) is 18.2 Å². The van der Waals surface area contributed by atoms with Crippen molar-refractivity contribution in [2.75, 3.05) is 4.90 Å². The molecule has 1 fully saturated rings. The third-order valence-electron chi connectivity index (χ3n) is 4.12. The SMILES string of the molecule is O=C1NC(=O)N(c2cccc(Cl)c2Cl)C(=O)/C1=C/c1ccc(Sc2ccccc2)o1. The van der Waals surface area contributed by atoms with Gasteiger partial charge in [-0.2, -0.15) is 0 Å². The number of imide groups is 2. The largest absolute Gasteiger partial charge is 0.450 e. The topological polar surface area (TPSA) is 79.6 Å². The molecule has 0 aliphatic carbocycles. The van der Waals surface area contributed by atoms with E-state index in [1.165, 1.54) is 30.0 Å². The number of benzene rings is 2. The van der Waals surface area contributed by atoms with Crippen LogP contribution in [0.4, 0.5) is 10.5 Å². The van der Waals surface area contributed by atoms with Crippen molar-refractivity contribution in [2.24, 2.45) is 0 Å². The maximum atomic E-state index is 12.9. The Labute approximate surface area is 185 Å². The highest BCUT2D eigenvalue weighted by Gasteiger charge is 2.38. The van der Waals surface area contributed by atoms with Gasteiger partial charge in [-0.15, -0.1) is 0 Å². The van der Waals surface area contributed by atoms with E-state index in [2.05, 4.69) is 5.32 Å². The first-order valence-corrected chi connectivity index (χ1v) is 10.2. The molecule has 1 aliphatic rings. The minimum atomic E-state index is -0.911. The van der Waals surface area contributed by atoms with E-state index in [0.29, 0.717) is 10.9 Å². The van der Waals surface area contributed by atoms with Crippen LogP contribution in [0.5, 0.6) is 0 Å². The quantitative estimate of drug-likeness (QED) is 0.417. The summed E-state index contributed by atoms with van der Waals surface area (Å²) in [5.74, 6) is -1.37. The van der Waals surface area contributed by atoms with Gasteiger partial charge in [-0.05, 0) is 42.5 Å². The van der Waals surface area contributed by atoms with Gasteiger partial charge in [-0.3, -0.25) is 14.9 Å². The van der Waals surface area contributed by atoms with Crippen LogP contribution in [-0.2, 0) is 9.59 Å². The first-order valence-electron chi connectivity index (χ1n) is 8.62. The molecule has 4 rings (SSSR count). The molecule has 30 heavy (non-hydrogen) atoms. The predicted octanol–water partition coefficient (Wildman–Crippen LogP) is 5.40. The summed E-state index contributed by atoms with van der Waals surface area (Å²) in [6.07, 6.45) is 1.28. The second-order valence-corrected chi connectivity index (χ2v) is 7.97. The van der Waals surface area contributed by atoms with Gasteiger partial charge in [0.25, 0.3) is 11.8 Å². The molecule has 1 aromatic heterocycles. The van der Waals surface area contributed by atoms with Crippen molar-refractivity contribution in [3.05, 3.63) is 82.0 Å². The number of nitrogens with one attached hydrogen (secondary N) is 1. The maximum Gasteiger partial charge on any atom is 0.336 e. The standard InChI is InChI=1S/C21H12Cl2N2O4S/c22-15-7-4-8-16(18(15)23)25-20(27)14(19(26)24-21(25)28)11-12-9-10-17(29-12)30-13-5-2-1-3-6-13/h1-11H,(H,24,26,28)/b14-11+. The van der Waals surface area contributed by atoms with E-state index in [1.807, 2.05) is 30.3 Å². The zero-order valence-electron chi connectivity index (χ0n) is 15.1. The Morgan fingerprint density at radius 1 is 0.933 bits per heavy atom. The number of hydrogen-bond acceptors (Lipinski definition) is 5. The van der Waals surface area contributed by atoms with Crippen LogP contribution in [0.1, 0.15) is 5.76 Å². The number of carbonyl (C=O) groups is 3. The van der Waals surface area contributed by atoms with Crippen LogP contribution in [0.15, 0.2) is 80.6 Å². The van der Waals surface area contributed by atoms with Gasteiger partial charge < -0.3 is 4.42 Å². The monoisotopic (exact) mass is 458 g/mol. The minimum Gasteiger partial charge on any atom is -0.450 e. The van der Waals surface area contributed by atoms with E-state index in [9.17, 15) is 14.4 Å². The molecule has 0 spiro atoms. The Morgan fingerprint density at radius 3 is 2.47 bits per heavy atom. The summed E-state index contributed by atoms with van der Waals surface area (Å²) in [4.78, 5) is 39.3. The summed E-state index contributed by atoms with van der Waals surface area (Å²) < 4.78 is 5.70.